The predicted octanol–water partition coefficient (Wildman–Crippen LogP) is 6.74. The zero-order chi connectivity index (χ0) is 21.8. The first-order valence-corrected chi connectivity index (χ1v) is 10.9. The molecular weight excluding hydrogens is 442 g/mol. The van der Waals surface area contributed by atoms with E-state index in [2.05, 4.69) is 47.2 Å². The third-order valence-corrected chi connectivity index (χ3v) is 5.67. The third-order valence-electron chi connectivity index (χ3n) is 5.18. The molecule has 0 saturated carbocycles. The molecule has 0 fully saturated rings. The number of carbonyl (C=O) groups excluding carboxylic acids is 1. The number of aryl methyl sites for hydroxylation is 1. The summed E-state index contributed by atoms with van der Waals surface area (Å²) in [4.78, 5) is 12.4. The van der Waals surface area contributed by atoms with Crippen LogP contribution in [-0.4, -0.2) is 19.6 Å². The van der Waals surface area contributed by atoms with Crippen LogP contribution in [0.1, 0.15) is 38.3 Å². The Balaban J connectivity index is 2.04. The van der Waals surface area contributed by atoms with Crippen molar-refractivity contribution >= 4 is 38.4 Å². The molecule has 2 aromatic carbocycles. The van der Waals surface area contributed by atoms with Gasteiger partial charge in [-0.05, 0) is 55.5 Å². The van der Waals surface area contributed by atoms with Gasteiger partial charge in [-0.1, -0.05) is 41.9 Å². The third kappa shape index (κ3) is 4.78. The Morgan fingerprint density at radius 1 is 1.30 bits per heavy atom. The minimum atomic E-state index is -0.0904. The Morgan fingerprint density at radius 3 is 2.73 bits per heavy atom. The molecule has 4 nitrogen and oxygen atoms in total. The number of hydrogen-bond donors (Lipinski definition) is 1. The van der Waals surface area contributed by atoms with E-state index in [1.165, 1.54) is 0 Å². The summed E-state index contributed by atoms with van der Waals surface area (Å²) in [6.45, 7) is 8.87. The van der Waals surface area contributed by atoms with Crippen LogP contribution in [0.5, 0.6) is 5.75 Å². The van der Waals surface area contributed by atoms with Gasteiger partial charge in [0.05, 0.1) is 13.4 Å². The Kier molecular flexibility index (Phi) is 7.03. The van der Waals surface area contributed by atoms with Gasteiger partial charge in [-0.2, -0.15) is 0 Å². The molecule has 5 heteroatoms. The monoisotopic (exact) mass is 469 g/mol. The number of hydrogen-bond acceptors (Lipinski definition) is 3. The van der Waals surface area contributed by atoms with E-state index in [-0.39, 0.29) is 5.91 Å². The van der Waals surface area contributed by atoms with Gasteiger partial charge in [0.15, 0.2) is 0 Å². The maximum atomic E-state index is 12.4. The van der Waals surface area contributed by atoms with E-state index in [1.54, 1.807) is 19.4 Å². The first-order chi connectivity index (χ1) is 14.3. The van der Waals surface area contributed by atoms with Crippen molar-refractivity contribution in [3.05, 3.63) is 58.3 Å². The summed E-state index contributed by atoms with van der Waals surface area (Å²) in [7, 11) is 1.64. The second-order valence-corrected chi connectivity index (χ2v) is 8.84. The molecule has 0 saturated heterocycles. The molecule has 0 radical (unpaired) electrons. The maximum Gasteiger partial charge on any atom is 0.244 e. The molecule has 3 rings (SSSR count). The molecule has 1 N–H and O–H groups in total. The Labute approximate surface area is 186 Å². The highest BCUT2D eigenvalue weighted by Gasteiger charge is 2.19. The van der Waals surface area contributed by atoms with Crippen LogP contribution in [0.3, 0.4) is 0 Å². The minimum absolute atomic E-state index is 0.0904. The van der Waals surface area contributed by atoms with Crippen molar-refractivity contribution < 1.29 is 13.9 Å². The molecule has 3 aromatic rings. The standard InChI is InChI=1S/C25H28BrNO3/c1-15(2)9-10-27-23(28)11-16(3)20-13-21-22(18-7-6-8-19(26)12-18)14-30-25(21)17(4)24(20)29-5/h6-8,11-15H,9-10H2,1-5H3,(H,27,28)/b16-11+. The molecular formula is C25H28BrNO3. The Bertz CT molecular complexity index is 1100. The number of halogens is 1. The number of ether oxygens (including phenoxy) is 1. The van der Waals surface area contributed by atoms with Crippen LogP contribution < -0.4 is 10.1 Å². The van der Waals surface area contributed by atoms with Crippen LogP contribution >= 0.6 is 15.9 Å². The number of fused-ring (bicyclic) bond motifs is 1. The summed E-state index contributed by atoms with van der Waals surface area (Å²) in [6, 6.07) is 10.2. The number of furan rings is 1. The smallest absolute Gasteiger partial charge is 0.244 e. The van der Waals surface area contributed by atoms with Gasteiger partial charge in [0.2, 0.25) is 5.91 Å². The fourth-order valence-electron chi connectivity index (χ4n) is 3.56. The number of allylic oxidation sites excluding steroid dienone is 1. The second kappa shape index (κ2) is 9.52. The molecule has 0 unspecified atom stereocenters. The zero-order valence-electron chi connectivity index (χ0n) is 18.1. The number of nitrogens with one attached hydrogen (secondary N) is 1. The van der Waals surface area contributed by atoms with Gasteiger partial charge in [-0.25, -0.2) is 0 Å². The molecule has 0 aliphatic carbocycles. The number of carbonyl (C=O) groups is 1. The van der Waals surface area contributed by atoms with E-state index in [0.717, 1.165) is 55.4 Å². The molecule has 30 heavy (non-hydrogen) atoms. The SMILES string of the molecule is COc1c(/C(C)=C/C(=O)NCCC(C)C)cc2c(-c3cccc(Br)c3)coc2c1C. The summed E-state index contributed by atoms with van der Waals surface area (Å²) in [6.07, 6.45) is 4.38. The topological polar surface area (TPSA) is 51.5 Å². The number of methoxy groups -OCH3 is 1. The lowest BCUT2D eigenvalue weighted by Gasteiger charge is -2.13. The summed E-state index contributed by atoms with van der Waals surface area (Å²) >= 11 is 3.54. The van der Waals surface area contributed by atoms with Gasteiger partial charge in [-0.15, -0.1) is 0 Å². The molecule has 0 aliphatic heterocycles. The highest BCUT2D eigenvalue weighted by molar-refractivity contribution is 9.10. The minimum Gasteiger partial charge on any atom is -0.496 e. The summed E-state index contributed by atoms with van der Waals surface area (Å²) in [5, 5.41) is 3.96. The first kappa shape index (κ1) is 22.2. The van der Waals surface area contributed by atoms with Gasteiger partial charge in [0.25, 0.3) is 0 Å². The van der Waals surface area contributed by atoms with Crippen molar-refractivity contribution in [1.29, 1.82) is 0 Å². The molecule has 0 atom stereocenters. The van der Waals surface area contributed by atoms with Crippen molar-refractivity contribution in [3.63, 3.8) is 0 Å². The zero-order valence-corrected chi connectivity index (χ0v) is 19.7. The lowest BCUT2D eigenvalue weighted by atomic mass is 9.96. The van der Waals surface area contributed by atoms with Gasteiger partial charge in [-0.3, -0.25) is 4.79 Å². The lowest BCUT2D eigenvalue weighted by Crippen LogP contribution is -2.23. The maximum absolute atomic E-state index is 12.4. The predicted molar refractivity (Wildman–Crippen MR) is 127 cm³/mol. The van der Waals surface area contributed by atoms with Crippen LogP contribution in [0.15, 0.2) is 51.6 Å². The van der Waals surface area contributed by atoms with Crippen molar-refractivity contribution in [2.45, 2.75) is 34.1 Å². The van der Waals surface area contributed by atoms with Crippen LogP contribution in [-0.2, 0) is 4.79 Å². The van der Waals surface area contributed by atoms with Gasteiger partial charge in [0, 0.05) is 39.2 Å². The highest BCUT2D eigenvalue weighted by atomic mass is 79.9. The van der Waals surface area contributed by atoms with E-state index >= 15 is 0 Å². The van der Waals surface area contributed by atoms with E-state index in [0.29, 0.717) is 12.5 Å². The molecule has 0 bridgehead atoms. The van der Waals surface area contributed by atoms with Crippen LogP contribution in [0, 0.1) is 12.8 Å². The van der Waals surface area contributed by atoms with Crippen LogP contribution in [0.25, 0.3) is 27.7 Å². The molecule has 1 amide bonds. The van der Waals surface area contributed by atoms with Crippen LogP contribution in [0.2, 0.25) is 0 Å². The normalized spacial score (nSPS) is 11.9. The van der Waals surface area contributed by atoms with Crippen LogP contribution in [0.4, 0.5) is 0 Å². The number of benzene rings is 2. The van der Waals surface area contributed by atoms with Gasteiger partial charge >= 0.3 is 0 Å². The van der Waals surface area contributed by atoms with E-state index in [9.17, 15) is 4.79 Å². The average Bonchev–Trinajstić information content (AvgIpc) is 3.12. The summed E-state index contributed by atoms with van der Waals surface area (Å²) in [5.41, 5.74) is 5.51. The molecule has 0 aliphatic rings. The quantitative estimate of drug-likeness (QED) is 0.389. The molecule has 1 heterocycles. The average molecular weight is 470 g/mol. The molecule has 158 valence electrons. The summed E-state index contributed by atoms with van der Waals surface area (Å²) in [5.74, 6) is 1.19. The summed E-state index contributed by atoms with van der Waals surface area (Å²) < 4.78 is 12.6. The van der Waals surface area contributed by atoms with Crippen molar-refractivity contribution in [2.75, 3.05) is 13.7 Å². The van der Waals surface area contributed by atoms with E-state index < -0.39 is 0 Å². The van der Waals surface area contributed by atoms with Crippen molar-refractivity contribution in [3.8, 4) is 16.9 Å². The fraction of sp³-hybridized carbons (Fsp3) is 0.320. The molecule has 0 spiro atoms. The number of amides is 1. The number of rotatable bonds is 7. The molecule has 1 aromatic heterocycles. The van der Waals surface area contributed by atoms with Crippen molar-refractivity contribution in [2.24, 2.45) is 5.92 Å². The second-order valence-electron chi connectivity index (χ2n) is 7.92. The largest absolute Gasteiger partial charge is 0.496 e. The Morgan fingerprint density at radius 2 is 2.07 bits per heavy atom. The first-order valence-electron chi connectivity index (χ1n) is 10.1. The highest BCUT2D eigenvalue weighted by Crippen LogP contribution is 2.40. The van der Waals surface area contributed by atoms with Gasteiger partial charge < -0.3 is 14.5 Å². The van der Waals surface area contributed by atoms with E-state index in [1.807, 2.05) is 32.0 Å². The fourth-order valence-corrected chi connectivity index (χ4v) is 3.96. The van der Waals surface area contributed by atoms with Crippen molar-refractivity contribution in [1.82, 2.24) is 5.32 Å². The Hall–Kier alpha value is -2.53. The lowest BCUT2D eigenvalue weighted by molar-refractivity contribution is -0.116. The van der Waals surface area contributed by atoms with E-state index in [4.69, 9.17) is 9.15 Å². The van der Waals surface area contributed by atoms with Gasteiger partial charge in [0.1, 0.15) is 11.3 Å².